The van der Waals surface area contributed by atoms with Gasteiger partial charge in [0, 0.05) is 25.5 Å². The molecule has 0 amide bonds. The van der Waals surface area contributed by atoms with Gasteiger partial charge in [0.1, 0.15) is 0 Å². The fourth-order valence-electron chi connectivity index (χ4n) is 2.93. The third-order valence-corrected chi connectivity index (χ3v) is 4.40. The van der Waals surface area contributed by atoms with Crippen molar-refractivity contribution >= 4 is 0 Å². The van der Waals surface area contributed by atoms with Gasteiger partial charge in [-0.05, 0) is 44.6 Å². The number of hydrogen-bond donors (Lipinski definition) is 2. The van der Waals surface area contributed by atoms with Gasteiger partial charge in [-0.3, -0.25) is 0 Å². The summed E-state index contributed by atoms with van der Waals surface area (Å²) in [6.07, 6.45) is 12.3. The lowest BCUT2D eigenvalue weighted by molar-refractivity contribution is -0.00849. The van der Waals surface area contributed by atoms with E-state index >= 15 is 0 Å². The van der Waals surface area contributed by atoms with Crippen molar-refractivity contribution in [2.75, 3.05) is 13.1 Å². The van der Waals surface area contributed by atoms with E-state index < -0.39 is 5.60 Å². The molecule has 0 atom stereocenters. The molecule has 4 heteroatoms. The maximum absolute atomic E-state index is 10.5. The third kappa shape index (κ3) is 4.62. The number of aromatic nitrogens is 2. The smallest absolute Gasteiger partial charge is 0.0945 e. The molecule has 1 fully saturated rings. The Bertz CT molecular complexity index is 342. The standard InChI is InChI=1S/C15H27N3O/c1-2-14-4-6-15(19,7-5-14)12-16-8-3-10-18-11-9-17-13-18/h9,11,13-14,16,19H,2-8,10,12H2,1H3. The minimum absolute atomic E-state index is 0.458. The van der Waals surface area contributed by atoms with Crippen molar-refractivity contribution in [3.05, 3.63) is 18.7 Å². The molecule has 2 N–H and O–H groups in total. The second kappa shape index (κ2) is 7.06. The predicted octanol–water partition coefficient (Wildman–Crippen LogP) is 2.19. The van der Waals surface area contributed by atoms with Crippen LogP contribution in [0.25, 0.3) is 0 Å². The Balaban J connectivity index is 1.57. The molecule has 1 saturated carbocycles. The van der Waals surface area contributed by atoms with Gasteiger partial charge in [-0.2, -0.15) is 0 Å². The van der Waals surface area contributed by atoms with Crippen LogP contribution in [0.2, 0.25) is 0 Å². The first-order valence-corrected chi connectivity index (χ1v) is 7.61. The van der Waals surface area contributed by atoms with E-state index in [0.717, 1.165) is 44.8 Å². The van der Waals surface area contributed by atoms with Gasteiger partial charge in [-0.25, -0.2) is 4.98 Å². The molecule has 1 aromatic heterocycles. The fourth-order valence-corrected chi connectivity index (χ4v) is 2.93. The minimum atomic E-state index is -0.458. The number of aliphatic hydroxyl groups is 1. The van der Waals surface area contributed by atoms with E-state index in [0.29, 0.717) is 0 Å². The van der Waals surface area contributed by atoms with E-state index in [4.69, 9.17) is 0 Å². The summed E-state index contributed by atoms with van der Waals surface area (Å²) >= 11 is 0. The zero-order valence-corrected chi connectivity index (χ0v) is 12.0. The number of rotatable bonds is 7. The first-order valence-electron chi connectivity index (χ1n) is 7.61. The maximum Gasteiger partial charge on any atom is 0.0945 e. The number of imidazole rings is 1. The lowest BCUT2D eigenvalue weighted by atomic mass is 9.78. The second-order valence-corrected chi connectivity index (χ2v) is 5.91. The molecular weight excluding hydrogens is 238 g/mol. The molecule has 108 valence electrons. The highest BCUT2D eigenvalue weighted by Crippen LogP contribution is 2.33. The molecule has 1 aliphatic rings. The highest BCUT2D eigenvalue weighted by molar-refractivity contribution is 4.87. The zero-order valence-electron chi connectivity index (χ0n) is 12.0. The molecule has 0 radical (unpaired) electrons. The zero-order chi connectivity index (χ0) is 13.6. The van der Waals surface area contributed by atoms with Crippen LogP contribution in [-0.2, 0) is 6.54 Å². The van der Waals surface area contributed by atoms with Crippen molar-refractivity contribution in [1.82, 2.24) is 14.9 Å². The van der Waals surface area contributed by atoms with Crippen LogP contribution >= 0.6 is 0 Å². The van der Waals surface area contributed by atoms with Crippen LogP contribution in [0.3, 0.4) is 0 Å². The third-order valence-electron chi connectivity index (χ3n) is 4.40. The topological polar surface area (TPSA) is 50.1 Å². The molecule has 0 aliphatic heterocycles. The molecule has 19 heavy (non-hydrogen) atoms. The van der Waals surface area contributed by atoms with E-state index in [1.807, 2.05) is 18.7 Å². The molecule has 1 heterocycles. The van der Waals surface area contributed by atoms with E-state index in [9.17, 15) is 5.11 Å². The van der Waals surface area contributed by atoms with Gasteiger partial charge in [0.25, 0.3) is 0 Å². The van der Waals surface area contributed by atoms with Gasteiger partial charge in [0.05, 0.1) is 11.9 Å². The number of aryl methyl sites for hydroxylation is 1. The van der Waals surface area contributed by atoms with Gasteiger partial charge in [-0.1, -0.05) is 13.3 Å². The first kappa shape index (κ1) is 14.5. The molecule has 1 aliphatic carbocycles. The lowest BCUT2D eigenvalue weighted by Crippen LogP contribution is -2.43. The Morgan fingerprint density at radius 3 is 2.84 bits per heavy atom. The summed E-state index contributed by atoms with van der Waals surface area (Å²) in [5, 5.41) is 13.9. The lowest BCUT2D eigenvalue weighted by Gasteiger charge is -2.36. The van der Waals surface area contributed by atoms with Crippen molar-refractivity contribution in [1.29, 1.82) is 0 Å². The van der Waals surface area contributed by atoms with E-state index in [1.165, 1.54) is 19.3 Å². The Kier molecular flexibility index (Phi) is 5.40. The summed E-state index contributed by atoms with van der Waals surface area (Å²) in [7, 11) is 0. The molecule has 0 unspecified atom stereocenters. The SMILES string of the molecule is CCC1CCC(O)(CNCCCn2ccnc2)CC1. The van der Waals surface area contributed by atoms with Gasteiger partial charge in [-0.15, -0.1) is 0 Å². The van der Waals surface area contributed by atoms with Crippen LogP contribution in [0.5, 0.6) is 0 Å². The van der Waals surface area contributed by atoms with Crippen LogP contribution in [0.4, 0.5) is 0 Å². The minimum Gasteiger partial charge on any atom is -0.389 e. The highest BCUT2D eigenvalue weighted by Gasteiger charge is 2.31. The quantitative estimate of drug-likeness (QED) is 0.743. The van der Waals surface area contributed by atoms with Gasteiger partial charge in [0.15, 0.2) is 0 Å². The average molecular weight is 265 g/mol. The monoisotopic (exact) mass is 265 g/mol. The maximum atomic E-state index is 10.5. The fraction of sp³-hybridized carbons (Fsp3) is 0.800. The normalized spacial score (nSPS) is 27.6. The van der Waals surface area contributed by atoms with Crippen molar-refractivity contribution in [2.24, 2.45) is 5.92 Å². The Hall–Kier alpha value is -0.870. The summed E-state index contributed by atoms with van der Waals surface area (Å²) in [5.74, 6) is 0.835. The Labute approximate surface area is 116 Å². The van der Waals surface area contributed by atoms with Gasteiger partial charge in [0.2, 0.25) is 0 Å². The number of nitrogens with one attached hydrogen (secondary N) is 1. The van der Waals surface area contributed by atoms with Crippen LogP contribution in [0.15, 0.2) is 18.7 Å². The van der Waals surface area contributed by atoms with E-state index in [1.54, 1.807) is 0 Å². The van der Waals surface area contributed by atoms with E-state index in [2.05, 4.69) is 21.8 Å². The number of hydrogen-bond acceptors (Lipinski definition) is 3. The molecule has 0 aromatic carbocycles. The van der Waals surface area contributed by atoms with Crippen LogP contribution in [0, 0.1) is 5.92 Å². The molecule has 0 bridgehead atoms. The summed E-state index contributed by atoms with van der Waals surface area (Å²) in [6.45, 7) is 4.94. The van der Waals surface area contributed by atoms with Crippen LogP contribution in [-0.4, -0.2) is 33.3 Å². The Morgan fingerprint density at radius 1 is 1.42 bits per heavy atom. The molecule has 1 aromatic rings. The Morgan fingerprint density at radius 2 is 2.21 bits per heavy atom. The average Bonchev–Trinajstić information content (AvgIpc) is 2.92. The largest absolute Gasteiger partial charge is 0.389 e. The van der Waals surface area contributed by atoms with Crippen LogP contribution < -0.4 is 5.32 Å². The second-order valence-electron chi connectivity index (χ2n) is 5.91. The first-order chi connectivity index (χ1) is 9.22. The van der Waals surface area contributed by atoms with E-state index in [-0.39, 0.29) is 0 Å². The number of nitrogens with zero attached hydrogens (tertiary/aromatic N) is 2. The summed E-state index contributed by atoms with van der Waals surface area (Å²) in [4.78, 5) is 4.02. The molecule has 2 rings (SSSR count). The summed E-state index contributed by atoms with van der Waals surface area (Å²) in [5.41, 5.74) is -0.458. The van der Waals surface area contributed by atoms with Gasteiger partial charge < -0.3 is 15.0 Å². The van der Waals surface area contributed by atoms with Gasteiger partial charge >= 0.3 is 0 Å². The molecule has 0 spiro atoms. The van der Waals surface area contributed by atoms with Crippen molar-refractivity contribution in [2.45, 2.75) is 57.6 Å². The molecular formula is C15H27N3O. The molecule has 4 nitrogen and oxygen atoms in total. The van der Waals surface area contributed by atoms with Crippen molar-refractivity contribution in [3.63, 3.8) is 0 Å². The van der Waals surface area contributed by atoms with Crippen molar-refractivity contribution < 1.29 is 5.11 Å². The predicted molar refractivity (Wildman–Crippen MR) is 76.9 cm³/mol. The summed E-state index contributed by atoms with van der Waals surface area (Å²) < 4.78 is 2.09. The van der Waals surface area contributed by atoms with Crippen molar-refractivity contribution in [3.8, 4) is 0 Å². The highest BCUT2D eigenvalue weighted by atomic mass is 16.3. The molecule has 0 saturated heterocycles. The summed E-state index contributed by atoms with van der Waals surface area (Å²) in [6, 6.07) is 0. The van der Waals surface area contributed by atoms with Crippen LogP contribution in [0.1, 0.15) is 45.4 Å².